The van der Waals surface area contributed by atoms with Crippen LogP contribution in [0.25, 0.3) is 16.3 Å². The Hall–Kier alpha value is -3.47. The Morgan fingerprint density at radius 2 is 1.98 bits per heavy atom. The number of carbonyl (C=O) groups excluding carboxylic acids is 2. The van der Waals surface area contributed by atoms with Crippen molar-refractivity contribution in [3.63, 3.8) is 0 Å². The molecule has 7 nitrogen and oxygen atoms in total. The summed E-state index contributed by atoms with van der Waals surface area (Å²) in [6, 6.07) is 18.4. The zero-order valence-corrected chi connectivity index (χ0v) is 23.6. The first-order valence-corrected chi connectivity index (χ1v) is 15.2. The lowest BCUT2D eigenvalue weighted by Crippen LogP contribution is -2.44. The van der Waals surface area contributed by atoms with E-state index in [-0.39, 0.29) is 36.0 Å². The molecule has 0 bridgehead atoms. The molecule has 206 valence electrons. The Morgan fingerprint density at radius 3 is 2.73 bits per heavy atom. The van der Waals surface area contributed by atoms with E-state index in [9.17, 15) is 9.59 Å². The number of ether oxygens (including phenoxy) is 1. The van der Waals surface area contributed by atoms with Gasteiger partial charge in [0.1, 0.15) is 23.9 Å². The average molecular weight is 577 g/mol. The minimum atomic E-state index is -0.505. The smallest absolute Gasteiger partial charge is 0.240 e. The van der Waals surface area contributed by atoms with E-state index in [4.69, 9.17) is 9.84 Å². The van der Waals surface area contributed by atoms with Gasteiger partial charge in [0.2, 0.25) is 11.8 Å². The lowest BCUT2D eigenvalue weighted by atomic mass is 10.0. The standard InChI is InChI=1S/C30H29FN4O3S2/c1-19-8-2-5-12-23(19)35-30-27(28(33-35)24-13-7-15-39-24)29(21-10-3-4-11-22(21)31)40-18-26(37)34(30)17-25(36)32-16-20-9-6-14-38-20/h2-5,7-8,10-13,15,20,29H,6,9,14,16-18H2,1H3,(H,32,36)/t20-,29+/m0/s1. The van der Waals surface area contributed by atoms with Crippen molar-refractivity contribution in [3.05, 3.63) is 88.6 Å². The van der Waals surface area contributed by atoms with E-state index < -0.39 is 5.25 Å². The molecule has 0 saturated carbocycles. The zero-order chi connectivity index (χ0) is 27.6. The molecule has 1 N–H and O–H groups in total. The number of thioether (sulfide) groups is 1. The number of carbonyl (C=O) groups is 2. The van der Waals surface area contributed by atoms with Gasteiger partial charge in [-0.25, -0.2) is 9.07 Å². The molecule has 4 aromatic rings. The Balaban J connectivity index is 1.52. The normalized spacial score (nSPS) is 18.9. The van der Waals surface area contributed by atoms with Crippen molar-refractivity contribution in [2.24, 2.45) is 0 Å². The maximum atomic E-state index is 15.3. The third-order valence-electron chi connectivity index (χ3n) is 7.23. The Labute approximate surface area is 240 Å². The summed E-state index contributed by atoms with van der Waals surface area (Å²) in [5.74, 6) is -0.274. The van der Waals surface area contributed by atoms with Gasteiger partial charge in [-0.3, -0.25) is 14.5 Å². The minimum absolute atomic E-state index is 0.0109. The molecule has 2 aromatic carbocycles. The number of nitrogens with one attached hydrogen (secondary N) is 1. The number of anilines is 1. The summed E-state index contributed by atoms with van der Waals surface area (Å²) in [5.41, 5.74) is 3.62. The van der Waals surface area contributed by atoms with E-state index >= 15 is 4.39 Å². The van der Waals surface area contributed by atoms with Crippen LogP contribution in [0.15, 0.2) is 66.0 Å². The number of rotatable bonds is 7. The fourth-order valence-electron chi connectivity index (χ4n) is 5.25. The molecular formula is C30H29FN4O3S2. The summed E-state index contributed by atoms with van der Waals surface area (Å²) in [6.45, 7) is 2.90. The molecule has 2 atom stereocenters. The fraction of sp³-hybridized carbons (Fsp3) is 0.300. The number of hydrogen-bond acceptors (Lipinski definition) is 6. The molecule has 1 saturated heterocycles. The third-order valence-corrected chi connectivity index (χ3v) is 9.34. The molecule has 40 heavy (non-hydrogen) atoms. The van der Waals surface area contributed by atoms with E-state index in [0.29, 0.717) is 30.2 Å². The number of fused-ring (bicyclic) bond motifs is 1. The molecule has 0 aliphatic carbocycles. The van der Waals surface area contributed by atoms with Gasteiger partial charge in [-0.15, -0.1) is 23.1 Å². The average Bonchev–Trinajstić information content (AvgIpc) is 3.72. The number of nitrogens with zero attached hydrogens (tertiary/aromatic N) is 3. The van der Waals surface area contributed by atoms with Crippen LogP contribution in [0.4, 0.5) is 10.2 Å². The van der Waals surface area contributed by atoms with Crippen LogP contribution >= 0.6 is 23.1 Å². The molecule has 2 aliphatic heterocycles. The Morgan fingerprint density at radius 1 is 1.15 bits per heavy atom. The summed E-state index contributed by atoms with van der Waals surface area (Å²) in [4.78, 5) is 29.4. The molecule has 4 heterocycles. The highest BCUT2D eigenvalue weighted by atomic mass is 32.2. The highest BCUT2D eigenvalue weighted by Crippen LogP contribution is 2.49. The first kappa shape index (κ1) is 26.7. The molecule has 0 radical (unpaired) electrons. The SMILES string of the molecule is Cc1ccccc1-n1nc(-c2cccs2)c2c1N(CC(=O)NC[C@@H]1CCCO1)C(=O)CS[C@@H]2c1ccccc1F. The van der Waals surface area contributed by atoms with Crippen LogP contribution in [-0.4, -0.2) is 53.1 Å². The largest absolute Gasteiger partial charge is 0.376 e. The second-order valence-electron chi connectivity index (χ2n) is 9.89. The molecule has 2 aliphatic rings. The fourth-order valence-corrected chi connectivity index (χ4v) is 7.19. The number of amides is 2. The van der Waals surface area contributed by atoms with Crippen molar-refractivity contribution < 1.29 is 18.7 Å². The van der Waals surface area contributed by atoms with Crippen molar-refractivity contribution in [1.29, 1.82) is 0 Å². The van der Waals surface area contributed by atoms with Crippen molar-refractivity contribution in [2.75, 3.05) is 30.3 Å². The van der Waals surface area contributed by atoms with Crippen LogP contribution in [0.3, 0.4) is 0 Å². The number of benzene rings is 2. The van der Waals surface area contributed by atoms with Crippen LogP contribution in [0.2, 0.25) is 0 Å². The third kappa shape index (κ3) is 5.18. The van der Waals surface area contributed by atoms with Crippen LogP contribution in [0.1, 0.15) is 34.8 Å². The summed E-state index contributed by atoms with van der Waals surface area (Å²) in [7, 11) is 0. The topological polar surface area (TPSA) is 76.5 Å². The quantitative estimate of drug-likeness (QED) is 0.314. The molecule has 10 heteroatoms. The van der Waals surface area contributed by atoms with Gasteiger partial charge < -0.3 is 10.1 Å². The van der Waals surface area contributed by atoms with Gasteiger partial charge >= 0.3 is 0 Å². The molecular weight excluding hydrogens is 547 g/mol. The van der Waals surface area contributed by atoms with Gasteiger partial charge in [0, 0.05) is 24.3 Å². The number of aryl methyl sites for hydroxylation is 1. The molecule has 2 aromatic heterocycles. The molecule has 0 spiro atoms. The minimum Gasteiger partial charge on any atom is -0.376 e. The highest BCUT2D eigenvalue weighted by Gasteiger charge is 2.39. The van der Waals surface area contributed by atoms with E-state index in [0.717, 1.165) is 34.5 Å². The van der Waals surface area contributed by atoms with E-state index in [1.165, 1.54) is 34.1 Å². The highest BCUT2D eigenvalue weighted by molar-refractivity contribution is 8.00. The second kappa shape index (κ2) is 11.6. The summed E-state index contributed by atoms with van der Waals surface area (Å²) in [5, 5.41) is 9.47. The van der Waals surface area contributed by atoms with E-state index in [2.05, 4.69) is 5.32 Å². The van der Waals surface area contributed by atoms with Gasteiger partial charge in [-0.05, 0) is 48.9 Å². The van der Waals surface area contributed by atoms with Gasteiger partial charge in [-0.2, -0.15) is 5.10 Å². The van der Waals surface area contributed by atoms with E-state index in [1.807, 2.05) is 48.7 Å². The monoisotopic (exact) mass is 576 g/mol. The first-order valence-electron chi connectivity index (χ1n) is 13.3. The van der Waals surface area contributed by atoms with Crippen molar-refractivity contribution >= 4 is 40.7 Å². The second-order valence-corrected chi connectivity index (χ2v) is 11.9. The van der Waals surface area contributed by atoms with E-state index in [1.54, 1.807) is 22.9 Å². The number of aromatic nitrogens is 2. The van der Waals surface area contributed by atoms with Gasteiger partial charge in [-0.1, -0.05) is 42.5 Å². The Kier molecular flexibility index (Phi) is 7.73. The number of thiophene rings is 1. The number of hydrogen-bond donors (Lipinski definition) is 1. The van der Waals surface area contributed by atoms with Crippen LogP contribution < -0.4 is 10.2 Å². The summed E-state index contributed by atoms with van der Waals surface area (Å²) >= 11 is 2.89. The van der Waals surface area contributed by atoms with Crippen molar-refractivity contribution in [3.8, 4) is 16.3 Å². The maximum Gasteiger partial charge on any atom is 0.240 e. The van der Waals surface area contributed by atoms with Crippen molar-refractivity contribution in [1.82, 2.24) is 15.1 Å². The first-order chi connectivity index (χ1) is 19.5. The summed E-state index contributed by atoms with van der Waals surface area (Å²) in [6.07, 6.45) is 1.87. The predicted octanol–water partition coefficient (Wildman–Crippen LogP) is 5.51. The van der Waals surface area contributed by atoms with Crippen LogP contribution in [0.5, 0.6) is 0 Å². The summed E-state index contributed by atoms with van der Waals surface area (Å²) < 4.78 is 22.7. The van der Waals surface area contributed by atoms with Crippen LogP contribution in [0, 0.1) is 12.7 Å². The molecule has 0 unspecified atom stereocenters. The lowest BCUT2D eigenvalue weighted by Gasteiger charge is -2.24. The van der Waals surface area contributed by atoms with Gasteiger partial charge in [0.15, 0.2) is 0 Å². The predicted molar refractivity (Wildman–Crippen MR) is 157 cm³/mol. The molecule has 2 amide bonds. The Bertz CT molecular complexity index is 1530. The van der Waals surface area contributed by atoms with Crippen LogP contribution in [-0.2, 0) is 14.3 Å². The number of halogens is 1. The molecule has 6 rings (SSSR count). The molecule has 1 fully saturated rings. The van der Waals surface area contributed by atoms with Crippen molar-refractivity contribution in [2.45, 2.75) is 31.1 Å². The van der Waals surface area contributed by atoms with Gasteiger partial charge in [0.05, 0.1) is 27.7 Å². The van der Waals surface area contributed by atoms with Gasteiger partial charge in [0.25, 0.3) is 0 Å². The maximum absolute atomic E-state index is 15.3. The number of para-hydroxylation sites is 1. The lowest BCUT2D eigenvalue weighted by molar-refractivity contribution is -0.123. The zero-order valence-electron chi connectivity index (χ0n) is 22.0.